The van der Waals surface area contributed by atoms with Gasteiger partial charge in [0.2, 0.25) is 5.89 Å². The standard InChI is InChI=1S/C13H19N3OS/c1-3-13(2,6-7-14)9-11-15-12(16-17-11)10-5-4-8-18-10/h10H,3-6,8-9H2,1-2H3. The largest absolute Gasteiger partial charge is 0.339 e. The van der Waals surface area contributed by atoms with Crippen LogP contribution in [0.2, 0.25) is 0 Å². The molecule has 1 aliphatic heterocycles. The second-order valence-electron chi connectivity index (χ2n) is 5.22. The molecule has 2 rings (SSSR count). The molecule has 5 heteroatoms. The second kappa shape index (κ2) is 5.75. The molecule has 0 amide bonds. The van der Waals surface area contributed by atoms with Crippen LogP contribution in [0.5, 0.6) is 0 Å². The highest BCUT2D eigenvalue weighted by atomic mass is 32.2. The van der Waals surface area contributed by atoms with E-state index in [2.05, 4.69) is 30.1 Å². The van der Waals surface area contributed by atoms with Gasteiger partial charge in [-0.2, -0.15) is 22.0 Å². The lowest BCUT2D eigenvalue weighted by Gasteiger charge is -2.22. The number of rotatable bonds is 5. The molecule has 4 nitrogen and oxygen atoms in total. The van der Waals surface area contributed by atoms with Gasteiger partial charge >= 0.3 is 0 Å². The number of nitrogens with zero attached hydrogens (tertiary/aromatic N) is 3. The smallest absolute Gasteiger partial charge is 0.227 e. The van der Waals surface area contributed by atoms with Crippen molar-refractivity contribution < 1.29 is 4.52 Å². The van der Waals surface area contributed by atoms with E-state index in [1.807, 2.05) is 11.8 Å². The molecule has 2 heterocycles. The lowest BCUT2D eigenvalue weighted by molar-refractivity contribution is 0.265. The molecule has 98 valence electrons. The van der Waals surface area contributed by atoms with Crippen LogP contribution in [0.1, 0.15) is 56.5 Å². The normalized spacial score (nSPS) is 22.6. The van der Waals surface area contributed by atoms with Crippen molar-refractivity contribution in [2.45, 2.75) is 51.2 Å². The fourth-order valence-corrected chi connectivity index (χ4v) is 3.32. The van der Waals surface area contributed by atoms with Crippen LogP contribution >= 0.6 is 11.8 Å². The zero-order chi connectivity index (χ0) is 13.0. The van der Waals surface area contributed by atoms with Crippen LogP contribution in [0.15, 0.2) is 4.52 Å². The molecule has 2 unspecified atom stereocenters. The Bertz CT molecular complexity index is 434. The van der Waals surface area contributed by atoms with Crippen LogP contribution in [0.25, 0.3) is 0 Å². The van der Waals surface area contributed by atoms with Crippen molar-refractivity contribution in [1.29, 1.82) is 5.26 Å². The molecule has 1 aromatic heterocycles. The third kappa shape index (κ3) is 3.05. The van der Waals surface area contributed by atoms with Gasteiger partial charge in [-0.25, -0.2) is 0 Å². The first-order valence-corrected chi connectivity index (χ1v) is 7.53. The lowest BCUT2D eigenvalue weighted by atomic mass is 9.81. The zero-order valence-corrected chi connectivity index (χ0v) is 11.8. The van der Waals surface area contributed by atoms with Gasteiger partial charge in [-0.3, -0.25) is 0 Å². The molecule has 1 aliphatic rings. The summed E-state index contributed by atoms with van der Waals surface area (Å²) in [5.41, 5.74) is -0.0542. The fraction of sp³-hybridized carbons (Fsp3) is 0.769. The number of thioether (sulfide) groups is 1. The van der Waals surface area contributed by atoms with Crippen LogP contribution in [0, 0.1) is 16.7 Å². The molecular weight excluding hydrogens is 246 g/mol. The van der Waals surface area contributed by atoms with E-state index in [1.54, 1.807) is 0 Å². The summed E-state index contributed by atoms with van der Waals surface area (Å²) < 4.78 is 5.34. The fourth-order valence-electron chi connectivity index (χ4n) is 2.12. The van der Waals surface area contributed by atoms with E-state index in [9.17, 15) is 0 Å². The van der Waals surface area contributed by atoms with E-state index >= 15 is 0 Å². The molecule has 0 bridgehead atoms. The molecule has 1 aromatic rings. The molecule has 0 aromatic carbocycles. The highest BCUT2D eigenvalue weighted by molar-refractivity contribution is 7.99. The summed E-state index contributed by atoms with van der Waals surface area (Å²) in [5, 5.41) is 13.4. The zero-order valence-electron chi connectivity index (χ0n) is 11.0. The van der Waals surface area contributed by atoms with Crippen LogP contribution < -0.4 is 0 Å². The third-order valence-electron chi connectivity index (χ3n) is 3.64. The predicted molar refractivity (Wildman–Crippen MR) is 71.1 cm³/mol. The van der Waals surface area contributed by atoms with E-state index in [0.717, 1.165) is 18.7 Å². The summed E-state index contributed by atoms with van der Waals surface area (Å²) in [6.07, 6.45) is 4.55. The third-order valence-corrected chi connectivity index (χ3v) is 5.01. The van der Waals surface area contributed by atoms with Gasteiger partial charge in [0.05, 0.1) is 11.3 Å². The highest BCUT2D eigenvalue weighted by Crippen LogP contribution is 2.38. The van der Waals surface area contributed by atoms with E-state index in [-0.39, 0.29) is 5.41 Å². The number of hydrogen-bond donors (Lipinski definition) is 0. The van der Waals surface area contributed by atoms with E-state index in [1.165, 1.54) is 12.2 Å². The molecule has 0 radical (unpaired) electrons. The molecule has 0 aliphatic carbocycles. The minimum atomic E-state index is -0.0542. The number of aromatic nitrogens is 2. The maximum atomic E-state index is 8.87. The summed E-state index contributed by atoms with van der Waals surface area (Å²) in [4.78, 5) is 4.50. The molecular formula is C13H19N3OS. The number of hydrogen-bond acceptors (Lipinski definition) is 5. The van der Waals surface area contributed by atoms with Crippen LogP contribution in [-0.4, -0.2) is 15.9 Å². The molecule has 1 saturated heterocycles. The first kappa shape index (κ1) is 13.4. The first-order valence-electron chi connectivity index (χ1n) is 6.48. The Morgan fingerprint density at radius 1 is 1.61 bits per heavy atom. The van der Waals surface area contributed by atoms with Gasteiger partial charge in [-0.1, -0.05) is 19.0 Å². The van der Waals surface area contributed by atoms with Crippen LogP contribution in [0.3, 0.4) is 0 Å². The Hall–Kier alpha value is -1.02. The Morgan fingerprint density at radius 2 is 2.44 bits per heavy atom. The number of nitriles is 1. The topological polar surface area (TPSA) is 62.7 Å². The van der Waals surface area contributed by atoms with Crippen molar-refractivity contribution in [2.24, 2.45) is 5.41 Å². The monoisotopic (exact) mass is 265 g/mol. The van der Waals surface area contributed by atoms with Crippen molar-refractivity contribution in [2.75, 3.05) is 5.75 Å². The van der Waals surface area contributed by atoms with Crippen molar-refractivity contribution >= 4 is 11.8 Å². The Labute approximate surface area is 112 Å². The molecule has 0 N–H and O–H groups in total. The highest BCUT2D eigenvalue weighted by Gasteiger charge is 2.28. The van der Waals surface area contributed by atoms with Gasteiger partial charge in [0.25, 0.3) is 0 Å². The van der Waals surface area contributed by atoms with Gasteiger partial charge in [0.1, 0.15) is 0 Å². The molecule has 18 heavy (non-hydrogen) atoms. The summed E-state index contributed by atoms with van der Waals surface area (Å²) in [5.74, 6) is 2.70. The minimum Gasteiger partial charge on any atom is -0.339 e. The van der Waals surface area contributed by atoms with Gasteiger partial charge in [-0.15, -0.1) is 0 Å². The van der Waals surface area contributed by atoms with Gasteiger partial charge < -0.3 is 4.52 Å². The van der Waals surface area contributed by atoms with Crippen molar-refractivity contribution in [3.63, 3.8) is 0 Å². The van der Waals surface area contributed by atoms with Crippen molar-refractivity contribution in [1.82, 2.24) is 10.1 Å². The van der Waals surface area contributed by atoms with Gasteiger partial charge in [0.15, 0.2) is 5.82 Å². The Balaban J connectivity index is 2.03. The van der Waals surface area contributed by atoms with E-state index in [4.69, 9.17) is 9.78 Å². The summed E-state index contributed by atoms with van der Waals surface area (Å²) in [6, 6.07) is 2.25. The van der Waals surface area contributed by atoms with Crippen molar-refractivity contribution in [3.05, 3.63) is 11.7 Å². The average molecular weight is 265 g/mol. The second-order valence-corrected chi connectivity index (χ2v) is 6.53. The predicted octanol–water partition coefficient (Wildman–Crippen LogP) is 3.51. The van der Waals surface area contributed by atoms with E-state index < -0.39 is 0 Å². The van der Waals surface area contributed by atoms with E-state index in [0.29, 0.717) is 24.0 Å². The van der Waals surface area contributed by atoms with Crippen LogP contribution in [0.4, 0.5) is 0 Å². The minimum absolute atomic E-state index is 0.0542. The maximum Gasteiger partial charge on any atom is 0.227 e. The Kier molecular flexibility index (Phi) is 4.28. The van der Waals surface area contributed by atoms with Crippen LogP contribution in [-0.2, 0) is 6.42 Å². The van der Waals surface area contributed by atoms with Gasteiger partial charge in [-0.05, 0) is 30.4 Å². The summed E-state index contributed by atoms with van der Waals surface area (Å²) in [7, 11) is 0. The quantitative estimate of drug-likeness (QED) is 0.815. The molecule has 0 saturated carbocycles. The van der Waals surface area contributed by atoms with Gasteiger partial charge in [0, 0.05) is 12.8 Å². The summed E-state index contributed by atoms with van der Waals surface area (Å²) >= 11 is 1.91. The lowest BCUT2D eigenvalue weighted by Crippen LogP contribution is -2.18. The summed E-state index contributed by atoms with van der Waals surface area (Å²) in [6.45, 7) is 4.20. The Morgan fingerprint density at radius 3 is 3.06 bits per heavy atom. The molecule has 0 spiro atoms. The molecule has 2 atom stereocenters. The SMILES string of the molecule is CCC(C)(CC#N)Cc1nc(C2CCCS2)no1. The first-order chi connectivity index (χ1) is 8.67. The van der Waals surface area contributed by atoms with Crippen molar-refractivity contribution in [3.8, 4) is 6.07 Å². The average Bonchev–Trinajstić information content (AvgIpc) is 2.99. The molecule has 1 fully saturated rings. The maximum absolute atomic E-state index is 8.87.